The van der Waals surface area contributed by atoms with Gasteiger partial charge in [0.05, 0.1) is 10.6 Å². The van der Waals surface area contributed by atoms with Gasteiger partial charge in [-0.2, -0.15) is 0 Å². The average Bonchev–Trinajstić information content (AvgIpc) is 2.75. The molecule has 0 amide bonds. The number of aryl methyl sites for hydroxylation is 1. The van der Waals surface area contributed by atoms with Gasteiger partial charge in [-0.1, -0.05) is 29.8 Å². The first-order chi connectivity index (χ1) is 14.4. The van der Waals surface area contributed by atoms with Crippen molar-refractivity contribution in [1.29, 1.82) is 0 Å². The zero-order chi connectivity index (χ0) is 21.1. The number of nitrogens with one attached hydrogen (secondary N) is 1. The Hall–Kier alpha value is -2.97. The second kappa shape index (κ2) is 8.41. The molecular formula is C22H25N5O2S. The van der Waals surface area contributed by atoms with Gasteiger partial charge in [-0.25, -0.2) is 8.42 Å². The summed E-state index contributed by atoms with van der Waals surface area (Å²) in [6, 6.07) is 17.8. The van der Waals surface area contributed by atoms with E-state index in [-0.39, 0.29) is 4.90 Å². The number of hydrogen-bond acceptors (Lipinski definition) is 6. The maximum atomic E-state index is 12.5. The molecule has 0 spiro atoms. The summed E-state index contributed by atoms with van der Waals surface area (Å²) in [4.78, 5) is 4.77. The molecular weight excluding hydrogens is 398 g/mol. The fourth-order valence-corrected chi connectivity index (χ4v) is 4.38. The Morgan fingerprint density at radius 3 is 2.10 bits per heavy atom. The van der Waals surface area contributed by atoms with E-state index in [4.69, 9.17) is 0 Å². The maximum Gasteiger partial charge on any atom is 0.261 e. The predicted octanol–water partition coefficient (Wildman–Crippen LogP) is 3.00. The van der Waals surface area contributed by atoms with Crippen LogP contribution in [0.1, 0.15) is 5.56 Å². The molecule has 30 heavy (non-hydrogen) atoms. The predicted molar refractivity (Wildman–Crippen MR) is 119 cm³/mol. The van der Waals surface area contributed by atoms with Crippen molar-refractivity contribution < 1.29 is 8.42 Å². The van der Waals surface area contributed by atoms with Crippen LogP contribution in [0.4, 0.5) is 11.5 Å². The second-order valence-electron chi connectivity index (χ2n) is 7.56. The molecule has 8 heteroatoms. The van der Waals surface area contributed by atoms with Crippen LogP contribution in [-0.2, 0) is 10.0 Å². The Morgan fingerprint density at radius 2 is 1.50 bits per heavy atom. The molecule has 0 atom stereocenters. The molecule has 0 saturated carbocycles. The van der Waals surface area contributed by atoms with Gasteiger partial charge in [0, 0.05) is 37.4 Å². The van der Waals surface area contributed by atoms with Crippen molar-refractivity contribution in [2.75, 3.05) is 42.8 Å². The molecule has 4 rings (SSSR count). The Bertz CT molecular complexity index is 1090. The summed E-state index contributed by atoms with van der Waals surface area (Å²) < 4.78 is 27.7. The van der Waals surface area contributed by atoms with Crippen LogP contribution in [0.25, 0.3) is 11.3 Å². The highest BCUT2D eigenvalue weighted by atomic mass is 32.2. The van der Waals surface area contributed by atoms with Gasteiger partial charge in [0.25, 0.3) is 10.0 Å². The van der Waals surface area contributed by atoms with Gasteiger partial charge in [0.2, 0.25) is 0 Å². The van der Waals surface area contributed by atoms with E-state index in [9.17, 15) is 8.42 Å². The molecule has 0 aliphatic carbocycles. The van der Waals surface area contributed by atoms with Crippen LogP contribution in [0.2, 0.25) is 0 Å². The lowest BCUT2D eigenvalue weighted by molar-refractivity contribution is 0.312. The molecule has 1 aliphatic rings. The molecule has 0 bridgehead atoms. The van der Waals surface area contributed by atoms with Gasteiger partial charge in [0.1, 0.15) is 0 Å². The Labute approximate surface area is 177 Å². The monoisotopic (exact) mass is 423 g/mol. The summed E-state index contributed by atoms with van der Waals surface area (Å²) in [5.41, 5.74) is 3.14. The first-order valence-electron chi connectivity index (χ1n) is 9.88. The zero-order valence-corrected chi connectivity index (χ0v) is 17.9. The number of sulfonamides is 1. The second-order valence-corrected chi connectivity index (χ2v) is 9.25. The topological polar surface area (TPSA) is 78.4 Å². The highest BCUT2D eigenvalue weighted by Crippen LogP contribution is 2.23. The van der Waals surface area contributed by atoms with Gasteiger partial charge in [0.15, 0.2) is 5.82 Å². The van der Waals surface area contributed by atoms with Crippen LogP contribution in [0, 0.1) is 6.92 Å². The lowest BCUT2D eigenvalue weighted by atomic mass is 10.1. The van der Waals surface area contributed by atoms with E-state index in [0.717, 1.165) is 48.8 Å². The summed E-state index contributed by atoms with van der Waals surface area (Å²) in [7, 11) is -1.49. The van der Waals surface area contributed by atoms with Crippen molar-refractivity contribution in [3.8, 4) is 11.3 Å². The van der Waals surface area contributed by atoms with Crippen molar-refractivity contribution in [2.24, 2.45) is 0 Å². The molecule has 2 aromatic carbocycles. The number of benzene rings is 2. The lowest BCUT2D eigenvalue weighted by Crippen LogP contribution is -2.44. The Kier molecular flexibility index (Phi) is 5.69. The van der Waals surface area contributed by atoms with Crippen molar-refractivity contribution in [2.45, 2.75) is 11.8 Å². The van der Waals surface area contributed by atoms with Crippen molar-refractivity contribution in [3.05, 3.63) is 66.2 Å². The third-order valence-electron chi connectivity index (χ3n) is 5.24. The average molecular weight is 424 g/mol. The molecule has 1 aliphatic heterocycles. The molecule has 0 unspecified atom stereocenters. The summed E-state index contributed by atoms with van der Waals surface area (Å²) in [6.45, 7) is 5.84. The number of nitrogens with zero attached hydrogens (tertiary/aromatic N) is 4. The van der Waals surface area contributed by atoms with Gasteiger partial charge >= 0.3 is 0 Å². The van der Waals surface area contributed by atoms with Crippen LogP contribution in [0.15, 0.2) is 65.6 Å². The fourth-order valence-electron chi connectivity index (χ4n) is 3.32. The largest absolute Gasteiger partial charge is 0.353 e. The number of likely N-dealkylation sites (N-methyl/N-ethyl adjacent to an activating group) is 1. The molecule has 0 radical (unpaired) electrons. The highest BCUT2D eigenvalue weighted by molar-refractivity contribution is 7.92. The van der Waals surface area contributed by atoms with Gasteiger partial charge in [-0.3, -0.25) is 4.72 Å². The zero-order valence-electron chi connectivity index (χ0n) is 17.1. The Balaban J connectivity index is 1.45. The minimum atomic E-state index is -3.62. The molecule has 1 N–H and O–H groups in total. The summed E-state index contributed by atoms with van der Waals surface area (Å²) >= 11 is 0. The maximum absolute atomic E-state index is 12.5. The van der Waals surface area contributed by atoms with Crippen LogP contribution in [-0.4, -0.2) is 56.7 Å². The number of aromatic nitrogens is 2. The first-order valence-corrected chi connectivity index (χ1v) is 11.4. The van der Waals surface area contributed by atoms with Gasteiger partial charge in [-0.15, -0.1) is 10.2 Å². The van der Waals surface area contributed by atoms with Crippen LogP contribution in [0.5, 0.6) is 0 Å². The van der Waals surface area contributed by atoms with Crippen molar-refractivity contribution >= 4 is 21.5 Å². The lowest BCUT2D eigenvalue weighted by Gasteiger charge is -2.32. The standard InChI is InChI=1S/C22H25N5O2S/c1-17-3-9-20(10-4-17)30(28,29)25-19-7-5-18(6-8-19)21-11-12-22(24-23-21)27-15-13-26(2)14-16-27/h3-12,25H,13-16H2,1-2H3. The van der Waals surface area contributed by atoms with E-state index >= 15 is 0 Å². The number of rotatable bonds is 5. The molecule has 2 heterocycles. The number of anilines is 2. The fraction of sp³-hybridized carbons (Fsp3) is 0.273. The van der Waals surface area contributed by atoms with E-state index in [1.165, 1.54) is 0 Å². The molecule has 1 saturated heterocycles. The van der Waals surface area contributed by atoms with Crippen LogP contribution < -0.4 is 9.62 Å². The molecule has 156 valence electrons. The Morgan fingerprint density at radius 1 is 0.833 bits per heavy atom. The first kappa shape index (κ1) is 20.3. The summed E-state index contributed by atoms with van der Waals surface area (Å²) in [6.07, 6.45) is 0. The van der Waals surface area contributed by atoms with Gasteiger partial charge < -0.3 is 9.80 Å². The quantitative estimate of drug-likeness (QED) is 0.680. The third kappa shape index (κ3) is 4.60. The summed E-state index contributed by atoms with van der Waals surface area (Å²) in [5.74, 6) is 0.884. The smallest absolute Gasteiger partial charge is 0.261 e. The number of hydrogen-bond donors (Lipinski definition) is 1. The van der Waals surface area contributed by atoms with Gasteiger partial charge in [-0.05, 0) is 50.4 Å². The van der Waals surface area contributed by atoms with Crippen LogP contribution in [0.3, 0.4) is 0 Å². The van der Waals surface area contributed by atoms with Crippen molar-refractivity contribution in [1.82, 2.24) is 15.1 Å². The van der Waals surface area contributed by atoms with E-state index in [1.807, 2.05) is 31.2 Å². The summed E-state index contributed by atoms with van der Waals surface area (Å²) in [5, 5.41) is 8.74. The van der Waals surface area contributed by atoms with Crippen molar-refractivity contribution in [3.63, 3.8) is 0 Å². The van der Waals surface area contributed by atoms with Crippen LogP contribution >= 0.6 is 0 Å². The van der Waals surface area contributed by atoms with E-state index in [1.54, 1.807) is 36.4 Å². The minimum absolute atomic E-state index is 0.238. The molecule has 7 nitrogen and oxygen atoms in total. The normalized spacial score (nSPS) is 15.2. The molecule has 1 fully saturated rings. The van der Waals surface area contributed by atoms with E-state index in [2.05, 4.69) is 31.8 Å². The molecule has 1 aromatic heterocycles. The number of piperazine rings is 1. The van der Waals surface area contributed by atoms with E-state index < -0.39 is 10.0 Å². The SMILES string of the molecule is Cc1ccc(S(=O)(=O)Nc2ccc(-c3ccc(N4CCN(C)CC4)nn3)cc2)cc1. The molecule has 3 aromatic rings. The third-order valence-corrected chi connectivity index (χ3v) is 6.64. The highest BCUT2D eigenvalue weighted by Gasteiger charge is 2.16. The van der Waals surface area contributed by atoms with E-state index in [0.29, 0.717) is 5.69 Å². The minimum Gasteiger partial charge on any atom is -0.353 e.